The van der Waals surface area contributed by atoms with E-state index in [-0.39, 0.29) is 19.1 Å². The van der Waals surface area contributed by atoms with Gasteiger partial charge < -0.3 is 15.7 Å². The molecule has 120 valence electrons. The number of thiophene rings is 1. The molecule has 0 aliphatic carbocycles. The van der Waals surface area contributed by atoms with E-state index in [0.29, 0.717) is 5.82 Å². The molecular weight excluding hydrogens is 314 g/mol. The van der Waals surface area contributed by atoms with Crippen LogP contribution in [0.15, 0.2) is 36.7 Å². The Balaban J connectivity index is 1.51. The third-order valence-electron chi connectivity index (χ3n) is 3.44. The third-order valence-corrected chi connectivity index (χ3v) is 4.66. The summed E-state index contributed by atoms with van der Waals surface area (Å²) in [5.74, 6) is 0.658. The molecule has 1 unspecified atom stereocenters. The van der Waals surface area contributed by atoms with Gasteiger partial charge in [-0.05, 0) is 17.5 Å². The van der Waals surface area contributed by atoms with E-state index in [4.69, 9.17) is 0 Å². The van der Waals surface area contributed by atoms with E-state index in [9.17, 15) is 9.90 Å². The quantitative estimate of drug-likeness (QED) is 0.661. The molecule has 7 nitrogen and oxygen atoms in total. The average molecular weight is 331 g/mol. The second-order valence-corrected chi connectivity index (χ2v) is 6.18. The molecule has 0 fully saturated rings. The second kappa shape index (κ2) is 6.76. The van der Waals surface area contributed by atoms with Crippen molar-refractivity contribution in [2.24, 2.45) is 7.05 Å². The molecule has 0 saturated carbocycles. The molecule has 23 heavy (non-hydrogen) atoms. The van der Waals surface area contributed by atoms with E-state index < -0.39 is 6.10 Å². The first-order valence-corrected chi connectivity index (χ1v) is 7.96. The lowest BCUT2D eigenvalue weighted by Crippen LogP contribution is -2.37. The highest BCUT2D eigenvalue weighted by Gasteiger charge is 2.13. The standard InChI is InChI=1S/C15H17N5O2S/c1-20-14(18-9-19-20)8-17-15(22)16-7-11(21)13-6-10-4-2-3-5-12(10)23-13/h2-6,9,11,21H,7-8H2,1H3,(H2,16,17,22). The molecule has 0 radical (unpaired) electrons. The number of aryl methyl sites for hydroxylation is 1. The first-order valence-electron chi connectivity index (χ1n) is 7.14. The van der Waals surface area contributed by atoms with Gasteiger partial charge in [-0.15, -0.1) is 11.3 Å². The van der Waals surface area contributed by atoms with Gasteiger partial charge in [-0.3, -0.25) is 4.68 Å². The highest BCUT2D eigenvalue weighted by Crippen LogP contribution is 2.29. The van der Waals surface area contributed by atoms with Gasteiger partial charge in [-0.1, -0.05) is 18.2 Å². The minimum Gasteiger partial charge on any atom is -0.386 e. The molecule has 3 aromatic rings. The summed E-state index contributed by atoms with van der Waals surface area (Å²) in [5, 5.41) is 20.6. The number of benzene rings is 1. The summed E-state index contributed by atoms with van der Waals surface area (Å²) < 4.78 is 2.71. The van der Waals surface area contributed by atoms with Gasteiger partial charge in [0.05, 0.1) is 13.1 Å². The number of aromatic nitrogens is 3. The fourth-order valence-corrected chi connectivity index (χ4v) is 3.21. The Labute approximate surface area is 137 Å². The smallest absolute Gasteiger partial charge is 0.315 e. The van der Waals surface area contributed by atoms with Crippen molar-refractivity contribution in [1.29, 1.82) is 0 Å². The SMILES string of the molecule is Cn1ncnc1CNC(=O)NCC(O)c1cc2ccccc2s1. The minimum atomic E-state index is -0.729. The Morgan fingerprint density at radius 2 is 2.22 bits per heavy atom. The van der Waals surface area contributed by atoms with Gasteiger partial charge in [0, 0.05) is 16.6 Å². The van der Waals surface area contributed by atoms with Crippen molar-refractivity contribution in [2.75, 3.05) is 6.54 Å². The first-order chi connectivity index (χ1) is 11.1. The fourth-order valence-electron chi connectivity index (χ4n) is 2.16. The van der Waals surface area contributed by atoms with Gasteiger partial charge in [-0.25, -0.2) is 9.78 Å². The molecule has 2 heterocycles. The van der Waals surface area contributed by atoms with Crippen LogP contribution in [0.5, 0.6) is 0 Å². The predicted octanol–water partition coefficient (Wildman–Crippen LogP) is 1.56. The van der Waals surface area contributed by atoms with Crippen LogP contribution in [0, 0.1) is 0 Å². The van der Waals surface area contributed by atoms with Gasteiger partial charge in [0.25, 0.3) is 0 Å². The number of fused-ring (bicyclic) bond motifs is 1. The van der Waals surface area contributed by atoms with E-state index in [1.807, 2.05) is 30.3 Å². The highest BCUT2D eigenvalue weighted by molar-refractivity contribution is 7.19. The van der Waals surface area contributed by atoms with E-state index in [0.717, 1.165) is 15.0 Å². The number of urea groups is 1. The number of nitrogens with one attached hydrogen (secondary N) is 2. The summed E-state index contributed by atoms with van der Waals surface area (Å²) in [5.41, 5.74) is 0. The maximum absolute atomic E-state index is 11.8. The average Bonchev–Trinajstić information content (AvgIpc) is 3.16. The molecular formula is C15H17N5O2S. The number of nitrogens with zero attached hydrogens (tertiary/aromatic N) is 3. The molecule has 8 heteroatoms. The lowest BCUT2D eigenvalue weighted by molar-refractivity contribution is 0.176. The molecule has 0 aliphatic heterocycles. The highest BCUT2D eigenvalue weighted by atomic mass is 32.1. The summed E-state index contributed by atoms with van der Waals surface area (Å²) in [6, 6.07) is 9.54. The Morgan fingerprint density at radius 1 is 1.39 bits per heavy atom. The number of rotatable bonds is 5. The fraction of sp³-hybridized carbons (Fsp3) is 0.267. The van der Waals surface area contributed by atoms with Crippen molar-refractivity contribution >= 4 is 27.5 Å². The number of aliphatic hydroxyl groups excluding tert-OH is 1. The molecule has 3 N–H and O–H groups in total. The topological polar surface area (TPSA) is 92.1 Å². The van der Waals surface area contributed by atoms with Crippen LogP contribution in [0.2, 0.25) is 0 Å². The second-order valence-electron chi connectivity index (χ2n) is 5.07. The number of carbonyl (C=O) groups excluding carboxylic acids is 1. The van der Waals surface area contributed by atoms with E-state index in [2.05, 4.69) is 20.7 Å². The first kappa shape index (κ1) is 15.4. The Bertz CT molecular complexity index is 780. The van der Waals surface area contributed by atoms with Crippen LogP contribution in [0.3, 0.4) is 0 Å². The Hall–Kier alpha value is -2.45. The largest absolute Gasteiger partial charge is 0.386 e. The molecule has 2 amide bonds. The summed E-state index contributed by atoms with van der Waals surface area (Å²) in [6.07, 6.45) is 0.702. The van der Waals surface area contributed by atoms with Crippen LogP contribution >= 0.6 is 11.3 Å². The normalized spacial score (nSPS) is 12.3. The third kappa shape index (κ3) is 3.66. The molecule has 0 aliphatic rings. The minimum absolute atomic E-state index is 0.150. The summed E-state index contributed by atoms with van der Waals surface area (Å²) in [6.45, 7) is 0.429. The van der Waals surface area contributed by atoms with Crippen LogP contribution in [0.25, 0.3) is 10.1 Å². The van der Waals surface area contributed by atoms with Crippen LogP contribution in [-0.4, -0.2) is 32.4 Å². The molecule has 0 saturated heterocycles. The molecule has 0 spiro atoms. The van der Waals surface area contributed by atoms with Gasteiger partial charge >= 0.3 is 6.03 Å². The number of aliphatic hydroxyl groups is 1. The van der Waals surface area contributed by atoms with Gasteiger partial charge in [0.1, 0.15) is 18.3 Å². The monoisotopic (exact) mass is 331 g/mol. The maximum Gasteiger partial charge on any atom is 0.315 e. The molecule has 2 aromatic heterocycles. The van der Waals surface area contributed by atoms with Crippen molar-refractivity contribution in [1.82, 2.24) is 25.4 Å². The zero-order valence-corrected chi connectivity index (χ0v) is 13.4. The van der Waals surface area contributed by atoms with Crippen molar-refractivity contribution in [3.63, 3.8) is 0 Å². The number of hydrogen-bond donors (Lipinski definition) is 3. The Kier molecular flexibility index (Phi) is 4.54. The number of carbonyl (C=O) groups is 1. The summed E-state index contributed by atoms with van der Waals surface area (Å²) in [4.78, 5) is 16.6. The van der Waals surface area contributed by atoms with Crippen molar-refractivity contribution in [3.8, 4) is 0 Å². The number of amides is 2. The lowest BCUT2D eigenvalue weighted by atomic mass is 10.2. The predicted molar refractivity (Wildman–Crippen MR) is 88.0 cm³/mol. The van der Waals surface area contributed by atoms with Gasteiger partial charge in [0.2, 0.25) is 0 Å². The summed E-state index contributed by atoms with van der Waals surface area (Å²) in [7, 11) is 1.76. The van der Waals surface area contributed by atoms with E-state index in [1.54, 1.807) is 11.7 Å². The maximum atomic E-state index is 11.8. The van der Waals surface area contributed by atoms with Gasteiger partial charge in [-0.2, -0.15) is 5.10 Å². The zero-order valence-electron chi connectivity index (χ0n) is 12.6. The van der Waals surface area contributed by atoms with Crippen molar-refractivity contribution in [3.05, 3.63) is 47.4 Å². The van der Waals surface area contributed by atoms with E-state index >= 15 is 0 Å². The molecule has 0 bridgehead atoms. The molecule has 1 atom stereocenters. The van der Waals surface area contributed by atoms with Crippen molar-refractivity contribution < 1.29 is 9.90 Å². The van der Waals surface area contributed by atoms with Crippen molar-refractivity contribution in [2.45, 2.75) is 12.6 Å². The Morgan fingerprint density at radius 3 is 2.96 bits per heavy atom. The van der Waals surface area contributed by atoms with Gasteiger partial charge in [0.15, 0.2) is 0 Å². The van der Waals surface area contributed by atoms with Crippen LogP contribution in [0.1, 0.15) is 16.8 Å². The number of hydrogen-bond acceptors (Lipinski definition) is 5. The molecule has 1 aromatic carbocycles. The summed E-state index contributed by atoms with van der Waals surface area (Å²) >= 11 is 1.53. The van der Waals surface area contributed by atoms with Crippen LogP contribution in [0.4, 0.5) is 4.79 Å². The van der Waals surface area contributed by atoms with Crippen LogP contribution < -0.4 is 10.6 Å². The lowest BCUT2D eigenvalue weighted by Gasteiger charge is -2.11. The molecule has 3 rings (SSSR count). The van der Waals surface area contributed by atoms with E-state index in [1.165, 1.54) is 17.7 Å². The van der Waals surface area contributed by atoms with Crippen LogP contribution in [-0.2, 0) is 13.6 Å². The zero-order chi connectivity index (χ0) is 16.2.